The molecule has 1 aliphatic carbocycles. The van der Waals surface area contributed by atoms with E-state index in [9.17, 15) is 0 Å². The Balaban J connectivity index is 2.11. The highest BCUT2D eigenvalue weighted by Gasteiger charge is 2.24. The summed E-state index contributed by atoms with van der Waals surface area (Å²) in [5.41, 5.74) is 7.44. The molecule has 2 heteroatoms. The van der Waals surface area contributed by atoms with Gasteiger partial charge in [0.2, 0.25) is 0 Å². The molecule has 2 N–H and O–H groups in total. The number of hydrogen-bond acceptors (Lipinski definition) is 2. The van der Waals surface area contributed by atoms with E-state index in [0.29, 0.717) is 12.0 Å². The van der Waals surface area contributed by atoms with Gasteiger partial charge in [-0.15, -0.1) is 0 Å². The van der Waals surface area contributed by atoms with Gasteiger partial charge in [0.05, 0.1) is 0 Å². The van der Waals surface area contributed by atoms with Crippen molar-refractivity contribution in [2.75, 3.05) is 0 Å². The predicted octanol–water partition coefficient (Wildman–Crippen LogP) is 2.31. The molecular weight excluding hydrogens is 172 g/mol. The average Bonchev–Trinajstić information content (AvgIpc) is 2.18. The van der Waals surface area contributed by atoms with Crippen molar-refractivity contribution in [1.82, 2.24) is 4.98 Å². The lowest BCUT2D eigenvalue weighted by molar-refractivity contribution is 0.308. The minimum absolute atomic E-state index is 0.386. The van der Waals surface area contributed by atoms with Crippen LogP contribution in [0.25, 0.3) is 0 Å². The van der Waals surface area contributed by atoms with Crippen LogP contribution in [0.3, 0.4) is 0 Å². The molecular formula is C12H18N2. The molecule has 1 aliphatic rings. The maximum atomic E-state index is 6.04. The first-order chi connectivity index (χ1) is 6.75. The van der Waals surface area contributed by atoms with Crippen LogP contribution in [0.5, 0.6) is 0 Å². The van der Waals surface area contributed by atoms with Crippen molar-refractivity contribution < 1.29 is 0 Å². The number of aromatic nitrogens is 1. The van der Waals surface area contributed by atoms with E-state index in [-0.39, 0.29) is 0 Å². The van der Waals surface area contributed by atoms with Crippen LogP contribution in [-0.4, -0.2) is 11.0 Å². The summed E-state index contributed by atoms with van der Waals surface area (Å²) in [5, 5.41) is 0. The topological polar surface area (TPSA) is 38.9 Å². The van der Waals surface area contributed by atoms with Crippen molar-refractivity contribution in [3.63, 3.8) is 0 Å². The fourth-order valence-corrected chi connectivity index (χ4v) is 2.56. The second kappa shape index (κ2) is 4.09. The monoisotopic (exact) mass is 190 g/mol. The lowest BCUT2D eigenvalue weighted by Crippen LogP contribution is -2.30. The van der Waals surface area contributed by atoms with Gasteiger partial charge in [-0.05, 0) is 48.8 Å². The summed E-state index contributed by atoms with van der Waals surface area (Å²) in [6, 6.07) is 4.63. The van der Waals surface area contributed by atoms with Crippen LogP contribution in [0.15, 0.2) is 24.5 Å². The normalized spacial score (nSPS) is 32.9. The van der Waals surface area contributed by atoms with Crippen molar-refractivity contribution in [3.05, 3.63) is 30.1 Å². The highest BCUT2D eigenvalue weighted by atomic mass is 14.6. The Morgan fingerprint density at radius 2 is 1.93 bits per heavy atom. The molecule has 1 aromatic rings. The molecule has 0 aliphatic heterocycles. The molecule has 14 heavy (non-hydrogen) atoms. The van der Waals surface area contributed by atoms with Gasteiger partial charge in [-0.3, -0.25) is 4.98 Å². The molecule has 76 valence electrons. The fourth-order valence-electron chi connectivity index (χ4n) is 2.56. The zero-order chi connectivity index (χ0) is 9.97. The van der Waals surface area contributed by atoms with Crippen molar-refractivity contribution in [2.24, 2.45) is 11.7 Å². The van der Waals surface area contributed by atoms with E-state index in [1.807, 2.05) is 12.4 Å². The summed E-state index contributed by atoms with van der Waals surface area (Å²) in [6.45, 7) is 2.30. The van der Waals surface area contributed by atoms with Gasteiger partial charge in [0.15, 0.2) is 0 Å². The van der Waals surface area contributed by atoms with Crippen molar-refractivity contribution in [2.45, 2.75) is 38.1 Å². The van der Waals surface area contributed by atoms with Crippen molar-refractivity contribution in [3.8, 4) is 0 Å². The predicted molar refractivity (Wildman–Crippen MR) is 58.0 cm³/mol. The largest absolute Gasteiger partial charge is 0.328 e. The summed E-state index contributed by atoms with van der Waals surface area (Å²) in [5.74, 6) is 1.41. The van der Waals surface area contributed by atoms with Gasteiger partial charge in [-0.25, -0.2) is 0 Å². The Kier molecular flexibility index (Phi) is 2.82. The maximum absolute atomic E-state index is 6.04. The molecule has 1 fully saturated rings. The Hall–Kier alpha value is -0.890. The van der Waals surface area contributed by atoms with Gasteiger partial charge in [0.25, 0.3) is 0 Å². The molecule has 2 nitrogen and oxygen atoms in total. The molecule has 0 unspecified atom stereocenters. The molecule has 0 saturated heterocycles. The van der Waals surface area contributed by atoms with E-state index < -0.39 is 0 Å². The molecule has 0 bridgehead atoms. The molecule has 0 aromatic carbocycles. The summed E-state index contributed by atoms with van der Waals surface area (Å²) in [7, 11) is 0. The first kappa shape index (κ1) is 9.66. The smallest absolute Gasteiger partial charge is 0.0270 e. The van der Waals surface area contributed by atoms with Crippen molar-refractivity contribution >= 4 is 0 Å². The van der Waals surface area contributed by atoms with E-state index >= 15 is 0 Å². The number of hydrogen-bond donors (Lipinski definition) is 1. The number of nitrogens with zero attached hydrogens (tertiary/aromatic N) is 1. The Morgan fingerprint density at radius 3 is 2.57 bits per heavy atom. The van der Waals surface area contributed by atoms with Gasteiger partial charge < -0.3 is 5.73 Å². The molecule has 3 atom stereocenters. The summed E-state index contributed by atoms with van der Waals surface area (Å²) >= 11 is 0. The third kappa shape index (κ3) is 2.13. The van der Waals surface area contributed by atoms with Crippen LogP contribution in [0.1, 0.15) is 37.7 Å². The van der Waals surface area contributed by atoms with E-state index in [0.717, 1.165) is 12.3 Å². The fraction of sp³-hybridized carbons (Fsp3) is 0.583. The summed E-state index contributed by atoms with van der Waals surface area (Å²) < 4.78 is 0. The molecule has 1 aromatic heterocycles. The van der Waals surface area contributed by atoms with E-state index in [1.54, 1.807) is 0 Å². The van der Waals surface area contributed by atoms with E-state index in [1.165, 1.54) is 18.4 Å². The second-order valence-electron chi connectivity index (χ2n) is 4.55. The molecule has 0 spiro atoms. The van der Waals surface area contributed by atoms with Gasteiger partial charge in [0, 0.05) is 18.4 Å². The van der Waals surface area contributed by atoms with Crippen LogP contribution >= 0.6 is 0 Å². The zero-order valence-electron chi connectivity index (χ0n) is 8.69. The molecule has 0 amide bonds. The highest BCUT2D eigenvalue weighted by molar-refractivity contribution is 5.17. The summed E-state index contributed by atoms with van der Waals surface area (Å²) in [4.78, 5) is 4.05. The first-order valence-corrected chi connectivity index (χ1v) is 5.41. The van der Waals surface area contributed by atoms with Crippen LogP contribution in [-0.2, 0) is 0 Å². The third-order valence-electron chi connectivity index (χ3n) is 3.16. The van der Waals surface area contributed by atoms with Gasteiger partial charge in [-0.1, -0.05) is 6.92 Å². The molecule has 2 rings (SSSR count). The second-order valence-corrected chi connectivity index (χ2v) is 4.55. The van der Waals surface area contributed by atoms with E-state index in [4.69, 9.17) is 5.73 Å². The lowest BCUT2D eigenvalue weighted by Gasteiger charge is -2.31. The average molecular weight is 190 g/mol. The van der Waals surface area contributed by atoms with Gasteiger partial charge >= 0.3 is 0 Å². The molecule has 1 saturated carbocycles. The number of nitrogens with two attached hydrogens (primary N) is 1. The SMILES string of the molecule is C[C@@H]1C[C@H](N)C[C@H](c2ccncc2)C1. The van der Waals surface area contributed by atoms with Gasteiger partial charge in [-0.2, -0.15) is 0 Å². The maximum Gasteiger partial charge on any atom is 0.0270 e. The van der Waals surface area contributed by atoms with Gasteiger partial charge in [0.1, 0.15) is 0 Å². The highest BCUT2D eigenvalue weighted by Crippen LogP contribution is 2.34. The Morgan fingerprint density at radius 1 is 1.21 bits per heavy atom. The van der Waals surface area contributed by atoms with Crippen molar-refractivity contribution in [1.29, 1.82) is 0 Å². The lowest BCUT2D eigenvalue weighted by atomic mass is 9.77. The zero-order valence-corrected chi connectivity index (χ0v) is 8.69. The van der Waals surface area contributed by atoms with E-state index in [2.05, 4.69) is 24.0 Å². The van der Waals surface area contributed by atoms with Crippen LogP contribution in [0, 0.1) is 5.92 Å². The van der Waals surface area contributed by atoms with Crippen LogP contribution in [0.4, 0.5) is 0 Å². The van der Waals surface area contributed by atoms with Crippen LogP contribution in [0.2, 0.25) is 0 Å². The van der Waals surface area contributed by atoms with Crippen LogP contribution < -0.4 is 5.73 Å². The Bertz CT molecular complexity index is 274. The quantitative estimate of drug-likeness (QED) is 0.738. The molecule has 1 heterocycles. The number of rotatable bonds is 1. The minimum atomic E-state index is 0.386. The third-order valence-corrected chi connectivity index (χ3v) is 3.16. The summed E-state index contributed by atoms with van der Waals surface area (Å²) in [6.07, 6.45) is 7.34. The molecule has 0 radical (unpaired) electrons. The minimum Gasteiger partial charge on any atom is -0.328 e. The first-order valence-electron chi connectivity index (χ1n) is 5.41. The Labute approximate surface area is 85.5 Å². The standard InChI is InChI=1S/C12H18N2/c1-9-6-11(8-12(13)7-9)10-2-4-14-5-3-10/h2-5,9,11-12H,6-8,13H2,1H3/t9-,11+,12-/m0/s1. The number of pyridine rings is 1.